The molecule has 0 saturated heterocycles. The van der Waals surface area contributed by atoms with Gasteiger partial charge in [-0.1, -0.05) is 30.9 Å². The summed E-state index contributed by atoms with van der Waals surface area (Å²) in [5.74, 6) is -1.20. The Morgan fingerprint density at radius 1 is 1.52 bits per heavy atom. The number of benzene rings is 1. The number of nitrogens with zero attached hydrogens (tertiary/aromatic N) is 1. The zero-order valence-corrected chi connectivity index (χ0v) is 13.5. The van der Waals surface area contributed by atoms with Gasteiger partial charge in [0.25, 0.3) is 0 Å². The van der Waals surface area contributed by atoms with Crippen molar-refractivity contribution in [1.82, 2.24) is 5.32 Å². The van der Waals surface area contributed by atoms with E-state index in [4.69, 9.17) is 15.2 Å². The molecule has 1 atom stereocenters. The molecular formula is C18H15N3O4. The molecule has 126 valence electrons. The summed E-state index contributed by atoms with van der Waals surface area (Å²) in [4.78, 5) is 25.6. The van der Waals surface area contributed by atoms with Crippen LogP contribution in [-0.2, 0) is 19.7 Å². The predicted molar refractivity (Wildman–Crippen MR) is 87.6 cm³/mol. The van der Waals surface area contributed by atoms with Crippen molar-refractivity contribution < 1.29 is 19.1 Å². The molecule has 0 bridgehead atoms. The van der Waals surface area contributed by atoms with Crippen LogP contribution in [0.2, 0.25) is 0 Å². The Bertz CT molecular complexity index is 907. The van der Waals surface area contributed by atoms with E-state index in [2.05, 4.69) is 11.9 Å². The Kier molecular flexibility index (Phi) is 3.81. The number of allylic oxidation sites excluding steroid dienone is 1. The van der Waals surface area contributed by atoms with Gasteiger partial charge in [0.2, 0.25) is 11.8 Å². The van der Waals surface area contributed by atoms with Gasteiger partial charge in [-0.25, -0.2) is 4.79 Å². The number of rotatable bonds is 3. The molecule has 3 rings (SSSR count). The minimum Gasteiger partial charge on any atom is -0.458 e. The maximum atomic E-state index is 13.0. The Balaban J connectivity index is 2.33. The first-order valence-electron chi connectivity index (χ1n) is 7.47. The van der Waals surface area contributed by atoms with E-state index < -0.39 is 17.3 Å². The number of ether oxygens (including phenoxy) is 2. The lowest BCUT2D eigenvalue weighted by Gasteiger charge is -2.34. The molecule has 2 aliphatic heterocycles. The molecule has 7 nitrogen and oxygen atoms in total. The molecule has 1 spiro atoms. The van der Waals surface area contributed by atoms with Crippen LogP contribution in [0.4, 0.5) is 0 Å². The Hall–Kier alpha value is -3.53. The summed E-state index contributed by atoms with van der Waals surface area (Å²) < 4.78 is 10.6. The van der Waals surface area contributed by atoms with E-state index in [1.807, 2.05) is 6.07 Å². The average molecular weight is 337 g/mol. The Morgan fingerprint density at radius 3 is 2.92 bits per heavy atom. The second-order valence-electron chi connectivity index (χ2n) is 5.54. The second kappa shape index (κ2) is 5.83. The van der Waals surface area contributed by atoms with Crippen LogP contribution in [0.3, 0.4) is 0 Å². The minimum atomic E-state index is -1.70. The van der Waals surface area contributed by atoms with Crippen LogP contribution in [0.25, 0.3) is 0 Å². The molecular weight excluding hydrogens is 322 g/mol. The molecule has 2 aliphatic rings. The van der Waals surface area contributed by atoms with E-state index >= 15 is 0 Å². The van der Waals surface area contributed by atoms with Crippen LogP contribution >= 0.6 is 0 Å². The number of hydrogen-bond donors (Lipinski definition) is 2. The lowest BCUT2D eigenvalue weighted by atomic mass is 9.68. The molecule has 0 unspecified atom stereocenters. The molecule has 1 amide bonds. The van der Waals surface area contributed by atoms with Crippen molar-refractivity contribution in [1.29, 1.82) is 5.26 Å². The van der Waals surface area contributed by atoms with Gasteiger partial charge in [-0.15, -0.1) is 0 Å². The van der Waals surface area contributed by atoms with Crippen molar-refractivity contribution in [2.75, 3.05) is 6.61 Å². The summed E-state index contributed by atoms with van der Waals surface area (Å²) in [6, 6.07) is 8.56. The summed E-state index contributed by atoms with van der Waals surface area (Å²) in [5.41, 5.74) is 4.73. The molecule has 25 heavy (non-hydrogen) atoms. The molecule has 2 heterocycles. The zero-order valence-electron chi connectivity index (χ0n) is 13.5. The number of carbonyl (C=O) groups excluding carboxylic acids is 2. The van der Waals surface area contributed by atoms with E-state index in [0.29, 0.717) is 17.0 Å². The van der Waals surface area contributed by atoms with Gasteiger partial charge in [0.05, 0.1) is 5.57 Å². The topological polar surface area (TPSA) is 114 Å². The Labute approximate surface area is 144 Å². The van der Waals surface area contributed by atoms with Crippen LogP contribution in [0, 0.1) is 11.3 Å². The fourth-order valence-electron chi connectivity index (χ4n) is 3.22. The van der Waals surface area contributed by atoms with E-state index in [1.54, 1.807) is 31.2 Å². The van der Waals surface area contributed by atoms with Crippen molar-refractivity contribution >= 4 is 11.9 Å². The van der Waals surface area contributed by atoms with Gasteiger partial charge in [-0.3, -0.25) is 4.79 Å². The van der Waals surface area contributed by atoms with Gasteiger partial charge in [-0.2, -0.15) is 5.26 Å². The highest BCUT2D eigenvalue weighted by Gasteiger charge is 2.59. The summed E-state index contributed by atoms with van der Waals surface area (Å²) in [6.45, 7) is 5.04. The number of nitriles is 1. The van der Waals surface area contributed by atoms with Crippen molar-refractivity contribution in [2.24, 2.45) is 5.73 Å². The van der Waals surface area contributed by atoms with Gasteiger partial charge in [0.15, 0.2) is 5.41 Å². The normalized spacial score (nSPS) is 21.4. The molecule has 0 radical (unpaired) electrons. The summed E-state index contributed by atoms with van der Waals surface area (Å²) in [6.07, 6.45) is 1.41. The van der Waals surface area contributed by atoms with Gasteiger partial charge >= 0.3 is 5.97 Å². The molecule has 0 saturated carbocycles. The maximum Gasteiger partial charge on any atom is 0.337 e. The van der Waals surface area contributed by atoms with E-state index in [9.17, 15) is 14.9 Å². The number of nitrogens with one attached hydrogen (secondary N) is 1. The highest BCUT2D eigenvalue weighted by atomic mass is 16.5. The van der Waals surface area contributed by atoms with Gasteiger partial charge in [0.1, 0.15) is 24.0 Å². The van der Waals surface area contributed by atoms with E-state index in [0.717, 1.165) is 0 Å². The van der Waals surface area contributed by atoms with Crippen LogP contribution in [0.5, 0.6) is 5.75 Å². The molecule has 3 N–H and O–H groups in total. The van der Waals surface area contributed by atoms with Crippen molar-refractivity contribution in [2.45, 2.75) is 12.3 Å². The largest absolute Gasteiger partial charge is 0.458 e. The fraction of sp³-hybridized carbons (Fsp3) is 0.167. The SMILES string of the molecule is C=CCOC(=O)C1=C(C)NC(=O)[C@]12C(C#N)=C(N)Oc1ccccc12. The summed E-state index contributed by atoms with van der Waals surface area (Å²) in [5, 5.41) is 12.3. The van der Waals surface area contributed by atoms with Gasteiger partial charge in [-0.05, 0) is 13.0 Å². The molecule has 0 aliphatic carbocycles. The third-order valence-corrected chi connectivity index (χ3v) is 4.17. The number of nitrogens with two attached hydrogens (primary N) is 1. The third-order valence-electron chi connectivity index (χ3n) is 4.17. The van der Waals surface area contributed by atoms with Gasteiger partial charge in [0, 0.05) is 11.3 Å². The Morgan fingerprint density at radius 2 is 2.24 bits per heavy atom. The third kappa shape index (κ3) is 2.11. The highest BCUT2D eigenvalue weighted by molar-refractivity contribution is 6.12. The average Bonchev–Trinajstić information content (AvgIpc) is 2.84. The maximum absolute atomic E-state index is 13.0. The lowest BCUT2D eigenvalue weighted by Crippen LogP contribution is -2.46. The number of amides is 1. The first-order chi connectivity index (χ1) is 12.0. The summed E-state index contributed by atoms with van der Waals surface area (Å²) in [7, 11) is 0. The molecule has 0 aromatic heterocycles. The second-order valence-corrected chi connectivity index (χ2v) is 5.54. The number of para-hydroxylation sites is 1. The van der Waals surface area contributed by atoms with Crippen molar-refractivity contribution in [3.05, 3.63) is 65.2 Å². The fourth-order valence-corrected chi connectivity index (χ4v) is 3.22. The number of fused-ring (bicyclic) bond motifs is 2. The predicted octanol–water partition coefficient (Wildman–Crippen LogP) is 1.14. The zero-order chi connectivity index (χ0) is 18.2. The quantitative estimate of drug-likeness (QED) is 0.631. The molecule has 1 aromatic rings. The standard InChI is InChI=1S/C18H15N3O4/c1-3-8-24-16(22)14-10(2)21-17(23)18(14)11-6-4-5-7-13(11)25-15(20)12(18)9-19/h3-7H,1,8,20H2,2H3,(H,21,23)/t18-/m1/s1. The highest BCUT2D eigenvalue weighted by Crippen LogP contribution is 2.51. The number of carbonyl (C=O) groups is 2. The van der Waals surface area contributed by atoms with E-state index in [1.165, 1.54) is 6.08 Å². The molecule has 7 heteroatoms. The van der Waals surface area contributed by atoms with Crippen LogP contribution < -0.4 is 15.8 Å². The van der Waals surface area contributed by atoms with Crippen LogP contribution in [0.15, 0.2) is 59.6 Å². The minimum absolute atomic E-state index is 0.0228. The van der Waals surface area contributed by atoms with Crippen LogP contribution in [-0.4, -0.2) is 18.5 Å². The van der Waals surface area contributed by atoms with E-state index in [-0.39, 0.29) is 23.6 Å². The first kappa shape index (κ1) is 16.3. The molecule has 0 fully saturated rings. The van der Waals surface area contributed by atoms with Crippen LogP contribution in [0.1, 0.15) is 12.5 Å². The lowest BCUT2D eigenvalue weighted by molar-refractivity contribution is -0.139. The van der Waals surface area contributed by atoms with Crippen molar-refractivity contribution in [3.63, 3.8) is 0 Å². The smallest absolute Gasteiger partial charge is 0.337 e. The molecule has 1 aromatic carbocycles. The summed E-state index contributed by atoms with van der Waals surface area (Å²) >= 11 is 0. The first-order valence-corrected chi connectivity index (χ1v) is 7.47. The monoisotopic (exact) mass is 337 g/mol. The number of esters is 1. The van der Waals surface area contributed by atoms with Gasteiger partial charge < -0.3 is 20.5 Å². The van der Waals surface area contributed by atoms with Crippen molar-refractivity contribution in [3.8, 4) is 11.8 Å². The number of hydrogen-bond acceptors (Lipinski definition) is 6.